The molecule has 5 rings (SSSR count). The van der Waals surface area contributed by atoms with E-state index < -0.39 is 0 Å². The number of aromatic hydroxyl groups is 1. The number of nitrogens with one attached hydrogen (secondary N) is 2. The number of carbonyl (C=O) groups excluding carboxylic acids is 1. The van der Waals surface area contributed by atoms with Gasteiger partial charge in [0.05, 0.1) is 11.4 Å². The van der Waals surface area contributed by atoms with Gasteiger partial charge in [0.25, 0.3) is 0 Å². The smallest absolute Gasteiger partial charge is 0.317 e. The molecular formula is C24H27N7O2S. The van der Waals surface area contributed by atoms with E-state index in [2.05, 4.69) is 15.6 Å². The van der Waals surface area contributed by atoms with Crippen LogP contribution in [0.3, 0.4) is 0 Å². The third kappa shape index (κ3) is 4.54. The molecule has 0 unspecified atom stereocenters. The maximum atomic E-state index is 12.2. The summed E-state index contributed by atoms with van der Waals surface area (Å²) in [7, 11) is 0. The number of urea groups is 1. The molecule has 3 aromatic heterocycles. The molecule has 0 radical (unpaired) electrons. The second-order valence-electron chi connectivity index (χ2n) is 8.32. The number of benzene rings is 1. The number of hydrogen-bond acceptors (Lipinski definition) is 7. The number of phenolic OH excluding ortho intramolecular Hbond substituents is 1. The van der Waals surface area contributed by atoms with Crippen molar-refractivity contribution < 1.29 is 9.90 Å². The van der Waals surface area contributed by atoms with E-state index in [1.54, 1.807) is 29.7 Å². The highest BCUT2D eigenvalue weighted by Gasteiger charge is 2.24. The van der Waals surface area contributed by atoms with Gasteiger partial charge < -0.3 is 20.6 Å². The molecule has 1 fully saturated rings. The van der Waals surface area contributed by atoms with Crippen molar-refractivity contribution >= 4 is 28.3 Å². The van der Waals surface area contributed by atoms with E-state index in [-0.39, 0.29) is 17.8 Å². The Kier molecular flexibility index (Phi) is 6.31. The van der Waals surface area contributed by atoms with Gasteiger partial charge >= 0.3 is 6.03 Å². The summed E-state index contributed by atoms with van der Waals surface area (Å²) in [6, 6.07) is 9.18. The van der Waals surface area contributed by atoms with E-state index in [9.17, 15) is 9.90 Å². The van der Waals surface area contributed by atoms with E-state index in [0.29, 0.717) is 25.6 Å². The highest BCUT2D eigenvalue weighted by atomic mass is 32.1. The number of carbonyl (C=O) groups is 1. The van der Waals surface area contributed by atoms with E-state index in [4.69, 9.17) is 9.97 Å². The van der Waals surface area contributed by atoms with Gasteiger partial charge in [-0.3, -0.25) is 4.40 Å². The molecule has 1 saturated heterocycles. The molecule has 1 aromatic carbocycles. The quantitative estimate of drug-likeness (QED) is 0.384. The molecule has 3 N–H and O–H groups in total. The maximum absolute atomic E-state index is 12.2. The van der Waals surface area contributed by atoms with Gasteiger partial charge in [0.15, 0.2) is 4.96 Å². The molecule has 10 heteroatoms. The van der Waals surface area contributed by atoms with Crippen molar-refractivity contribution in [2.45, 2.75) is 32.2 Å². The molecule has 0 bridgehead atoms. The monoisotopic (exact) mass is 477 g/mol. The Balaban J connectivity index is 1.36. The maximum Gasteiger partial charge on any atom is 0.317 e. The number of nitrogens with zero attached hydrogens (tertiary/aromatic N) is 5. The average molecular weight is 478 g/mol. The summed E-state index contributed by atoms with van der Waals surface area (Å²) in [6.45, 7) is 4.15. The fraction of sp³-hybridized carbons (Fsp3) is 0.333. The molecule has 0 saturated carbocycles. The van der Waals surface area contributed by atoms with Crippen LogP contribution in [0.25, 0.3) is 27.6 Å². The van der Waals surface area contributed by atoms with Crippen LogP contribution in [-0.2, 0) is 0 Å². The molecule has 34 heavy (non-hydrogen) atoms. The van der Waals surface area contributed by atoms with Crippen molar-refractivity contribution in [3.63, 3.8) is 0 Å². The van der Waals surface area contributed by atoms with Gasteiger partial charge in [-0.15, -0.1) is 11.3 Å². The number of thiazole rings is 1. The van der Waals surface area contributed by atoms with Gasteiger partial charge in [-0.1, -0.05) is 19.1 Å². The van der Waals surface area contributed by atoms with Crippen LogP contribution in [0.4, 0.5) is 10.7 Å². The molecule has 0 atom stereocenters. The third-order valence-electron chi connectivity index (χ3n) is 5.92. The van der Waals surface area contributed by atoms with Crippen molar-refractivity contribution in [1.29, 1.82) is 0 Å². The van der Waals surface area contributed by atoms with Crippen LogP contribution in [0.15, 0.2) is 48.1 Å². The van der Waals surface area contributed by atoms with Crippen molar-refractivity contribution in [2.75, 3.05) is 25.0 Å². The summed E-state index contributed by atoms with van der Waals surface area (Å²) in [5.74, 6) is 0.748. The molecule has 2 amide bonds. The summed E-state index contributed by atoms with van der Waals surface area (Å²) in [5, 5.41) is 18.4. The zero-order valence-electron chi connectivity index (χ0n) is 18.9. The number of piperidine rings is 1. The summed E-state index contributed by atoms with van der Waals surface area (Å²) >= 11 is 1.55. The van der Waals surface area contributed by atoms with Crippen molar-refractivity contribution in [1.82, 2.24) is 29.6 Å². The SMILES string of the molecule is CCCNC(=O)N1CCC(Nc2nccc(-c3c(-c4cccc(O)c4)nc4sccn34)n2)CC1. The summed E-state index contributed by atoms with van der Waals surface area (Å²) < 4.78 is 2.02. The third-order valence-corrected chi connectivity index (χ3v) is 6.68. The zero-order chi connectivity index (χ0) is 23.5. The standard InChI is InChI=1S/C24H27N7O2S/c1-2-9-26-23(33)30-11-7-17(8-12-30)27-22-25-10-6-19(28-22)21-20(16-4-3-5-18(32)15-16)29-24-31(21)13-14-34-24/h3-6,10,13-15,17,32H,2,7-9,11-12H2,1H3,(H,26,33)(H,25,27,28). The first-order valence-electron chi connectivity index (χ1n) is 11.5. The first-order chi connectivity index (χ1) is 16.6. The van der Waals surface area contributed by atoms with Crippen LogP contribution in [0.5, 0.6) is 5.75 Å². The Morgan fingerprint density at radius 2 is 2.09 bits per heavy atom. The fourth-order valence-corrected chi connectivity index (χ4v) is 4.91. The Labute approximate surface area is 201 Å². The van der Waals surface area contributed by atoms with Gasteiger partial charge in [-0.25, -0.2) is 19.7 Å². The molecule has 9 nitrogen and oxygen atoms in total. The minimum absolute atomic E-state index is 0.0125. The van der Waals surface area contributed by atoms with E-state index in [1.807, 2.05) is 46.0 Å². The Morgan fingerprint density at radius 1 is 1.24 bits per heavy atom. The molecule has 1 aliphatic rings. The van der Waals surface area contributed by atoms with Crippen molar-refractivity contribution in [2.24, 2.45) is 0 Å². The fourth-order valence-electron chi connectivity index (χ4n) is 4.20. The minimum atomic E-state index is 0.0125. The van der Waals surface area contributed by atoms with Crippen LogP contribution in [0.2, 0.25) is 0 Å². The second-order valence-corrected chi connectivity index (χ2v) is 9.19. The number of phenols is 1. The van der Waals surface area contributed by atoms with Gasteiger partial charge in [0.1, 0.15) is 11.4 Å². The first-order valence-corrected chi connectivity index (χ1v) is 12.4. The van der Waals surface area contributed by atoms with Crippen LogP contribution >= 0.6 is 11.3 Å². The predicted octanol–water partition coefficient (Wildman–Crippen LogP) is 4.22. The highest BCUT2D eigenvalue weighted by molar-refractivity contribution is 7.15. The molecular weight excluding hydrogens is 450 g/mol. The van der Waals surface area contributed by atoms with Crippen molar-refractivity contribution in [3.05, 3.63) is 48.1 Å². The van der Waals surface area contributed by atoms with Gasteiger partial charge in [0.2, 0.25) is 5.95 Å². The molecule has 176 valence electrons. The number of aromatic nitrogens is 4. The normalized spacial score (nSPS) is 14.4. The first kappa shape index (κ1) is 22.1. The predicted molar refractivity (Wildman–Crippen MR) is 133 cm³/mol. The molecule has 4 heterocycles. The number of anilines is 1. The Bertz CT molecular complexity index is 1290. The Hall–Kier alpha value is -3.66. The van der Waals surface area contributed by atoms with Crippen LogP contribution < -0.4 is 10.6 Å². The van der Waals surface area contributed by atoms with E-state index in [0.717, 1.165) is 46.9 Å². The minimum Gasteiger partial charge on any atom is -0.508 e. The van der Waals surface area contributed by atoms with Gasteiger partial charge in [-0.2, -0.15) is 0 Å². The van der Waals surface area contributed by atoms with E-state index in [1.165, 1.54) is 0 Å². The molecule has 1 aliphatic heterocycles. The van der Waals surface area contributed by atoms with Crippen LogP contribution in [-0.4, -0.2) is 61.1 Å². The lowest BCUT2D eigenvalue weighted by Gasteiger charge is -2.32. The lowest BCUT2D eigenvalue weighted by atomic mass is 10.1. The van der Waals surface area contributed by atoms with Crippen molar-refractivity contribution in [3.8, 4) is 28.4 Å². The summed E-state index contributed by atoms with van der Waals surface area (Å²) in [6.07, 6.45) is 6.32. The van der Waals surface area contributed by atoms with Gasteiger partial charge in [-0.05, 0) is 37.5 Å². The summed E-state index contributed by atoms with van der Waals surface area (Å²) in [4.78, 5) is 29.0. The number of imidazole rings is 1. The Morgan fingerprint density at radius 3 is 2.88 bits per heavy atom. The number of rotatable bonds is 6. The number of amides is 2. The van der Waals surface area contributed by atoms with Crippen LogP contribution in [0, 0.1) is 0 Å². The van der Waals surface area contributed by atoms with E-state index >= 15 is 0 Å². The lowest BCUT2D eigenvalue weighted by molar-refractivity contribution is 0.183. The number of fused-ring (bicyclic) bond motifs is 1. The topological polar surface area (TPSA) is 108 Å². The largest absolute Gasteiger partial charge is 0.508 e. The molecule has 0 spiro atoms. The zero-order valence-corrected chi connectivity index (χ0v) is 19.8. The van der Waals surface area contributed by atoms with Crippen LogP contribution in [0.1, 0.15) is 26.2 Å². The number of hydrogen-bond donors (Lipinski definition) is 3. The summed E-state index contributed by atoms with van der Waals surface area (Å²) in [5.41, 5.74) is 3.19. The average Bonchev–Trinajstić information content (AvgIpc) is 3.45. The lowest BCUT2D eigenvalue weighted by Crippen LogP contribution is -2.47. The molecule has 4 aromatic rings. The molecule has 0 aliphatic carbocycles. The van der Waals surface area contributed by atoms with Gasteiger partial charge in [0, 0.05) is 49.0 Å². The highest BCUT2D eigenvalue weighted by Crippen LogP contribution is 2.34. The second kappa shape index (κ2) is 9.68. The number of likely N-dealkylation sites (tertiary alicyclic amines) is 1.